The van der Waals surface area contributed by atoms with Crippen LogP contribution in [0.25, 0.3) is 0 Å². The average Bonchev–Trinajstić information content (AvgIpc) is 2.38. The highest BCUT2D eigenvalue weighted by atomic mass is 16.5. The second kappa shape index (κ2) is 5.82. The summed E-state index contributed by atoms with van der Waals surface area (Å²) in [4.78, 5) is 13.2. The minimum Gasteiger partial charge on any atom is -0.491 e. The Morgan fingerprint density at radius 2 is 2.24 bits per heavy atom. The van der Waals surface area contributed by atoms with Crippen LogP contribution in [-0.2, 0) is 0 Å². The van der Waals surface area contributed by atoms with Crippen molar-refractivity contribution in [3.8, 4) is 5.75 Å². The zero-order valence-corrected chi connectivity index (χ0v) is 10.3. The molecule has 0 radical (unpaired) electrons. The van der Waals surface area contributed by atoms with E-state index >= 15 is 0 Å². The van der Waals surface area contributed by atoms with Crippen molar-refractivity contribution in [1.82, 2.24) is 4.90 Å². The van der Waals surface area contributed by atoms with Crippen molar-refractivity contribution in [3.63, 3.8) is 0 Å². The second-order valence-corrected chi connectivity index (χ2v) is 4.60. The molecule has 1 unspecified atom stereocenters. The summed E-state index contributed by atoms with van der Waals surface area (Å²) in [6.07, 6.45) is 4.57. The van der Waals surface area contributed by atoms with Gasteiger partial charge in [-0.15, -0.1) is 0 Å². The molecule has 1 fully saturated rings. The molecule has 1 aliphatic rings. The maximum Gasteiger partial charge on any atom is 0.153 e. The summed E-state index contributed by atoms with van der Waals surface area (Å²) in [5.41, 5.74) is 0.631. The molecule has 0 aliphatic carbocycles. The maximum absolute atomic E-state index is 10.9. The van der Waals surface area contributed by atoms with Crippen LogP contribution in [0.3, 0.4) is 0 Å². The van der Waals surface area contributed by atoms with Gasteiger partial charge in [-0.3, -0.25) is 4.79 Å². The van der Waals surface area contributed by atoms with Gasteiger partial charge in [0.15, 0.2) is 6.29 Å². The Morgan fingerprint density at radius 1 is 1.41 bits per heavy atom. The molecule has 92 valence electrons. The molecule has 0 aromatic heterocycles. The molecule has 0 N–H and O–H groups in total. The minimum absolute atomic E-state index is 0.475. The van der Waals surface area contributed by atoms with E-state index in [4.69, 9.17) is 4.74 Å². The molecule has 1 aliphatic heterocycles. The molecule has 3 heteroatoms. The Labute approximate surface area is 102 Å². The van der Waals surface area contributed by atoms with E-state index in [1.165, 1.54) is 19.3 Å². The Morgan fingerprint density at radius 3 is 3.00 bits per heavy atom. The van der Waals surface area contributed by atoms with Crippen molar-refractivity contribution in [2.24, 2.45) is 0 Å². The molecule has 1 aromatic carbocycles. The average molecular weight is 233 g/mol. The van der Waals surface area contributed by atoms with E-state index in [-0.39, 0.29) is 0 Å². The van der Waals surface area contributed by atoms with E-state index < -0.39 is 0 Å². The predicted molar refractivity (Wildman–Crippen MR) is 67.6 cm³/mol. The van der Waals surface area contributed by atoms with E-state index in [0.29, 0.717) is 24.0 Å². The molecule has 0 bridgehead atoms. The van der Waals surface area contributed by atoms with Crippen LogP contribution in [0, 0.1) is 0 Å². The number of nitrogens with zero attached hydrogens (tertiary/aromatic N) is 1. The number of ether oxygens (including phenoxy) is 1. The molecule has 1 heterocycles. The topological polar surface area (TPSA) is 29.5 Å². The fourth-order valence-electron chi connectivity index (χ4n) is 2.25. The van der Waals surface area contributed by atoms with Crippen molar-refractivity contribution in [3.05, 3.63) is 29.8 Å². The van der Waals surface area contributed by atoms with Gasteiger partial charge >= 0.3 is 0 Å². The number of carbonyl (C=O) groups is 1. The van der Waals surface area contributed by atoms with Crippen molar-refractivity contribution >= 4 is 6.29 Å². The number of likely N-dealkylation sites (N-methyl/N-ethyl adjacent to an activating group) is 1. The summed E-state index contributed by atoms with van der Waals surface area (Å²) in [6, 6.07) is 7.86. The summed E-state index contributed by atoms with van der Waals surface area (Å²) in [6.45, 7) is 1.81. The number of carbonyl (C=O) groups excluding carboxylic acids is 1. The van der Waals surface area contributed by atoms with Crippen LogP contribution >= 0.6 is 0 Å². The lowest BCUT2D eigenvalue weighted by atomic mass is 10.0. The standard InChI is InChI=1S/C14H19NO2/c1-15-9-5-4-7-13(15)11-17-14-8-3-2-6-12(14)10-16/h2-3,6,8,10,13H,4-5,7,9,11H2,1H3. The predicted octanol–water partition coefficient (Wildman–Crippen LogP) is 2.36. The summed E-state index contributed by atoms with van der Waals surface area (Å²) in [5.74, 6) is 0.696. The van der Waals surface area contributed by atoms with Crippen LogP contribution < -0.4 is 4.74 Å². The molecular weight excluding hydrogens is 214 g/mol. The third kappa shape index (κ3) is 3.07. The van der Waals surface area contributed by atoms with Crippen LogP contribution in [0.15, 0.2) is 24.3 Å². The molecule has 0 spiro atoms. The molecule has 2 rings (SSSR count). The SMILES string of the molecule is CN1CCCCC1COc1ccccc1C=O. The van der Waals surface area contributed by atoms with Crippen LogP contribution in [0.1, 0.15) is 29.6 Å². The minimum atomic E-state index is 0.475. The Balaban J connectivity index is 1.94. The first-order chi connectivity index (χ1) is 8.31. The highest BCUT2D eigenvalue weighted by Crippen LogP contribution is 2.19. The van der Waals surface area contributed by atoms with Gasteiger partial charge in [0.05, 0.1) is 5.56 Å². The Bertz CT molecular complexity index is 378. The van der Waals surface area contributed by atoms with Crippen LogP contribution in [0.5, 0.6) is 5.75 Å². The quantitative estimate of drug-likeness (QED) is 0.748. The summed E-state index contributed by atoms with van der Waals surface area (Å²) in [5, 5.41) is 0. The number of hydrogen-bond donors (Lipinski definition) is 0. The normalized spacial score (nSPS) is 21.1. The van der Waals surface area contributed by atoms with Crippen LogP contribution in [0.2, 0.25) is 0 Å². The largest absolute Gasteiger partial charge is 0.491 e. The lowest BCUT2D eigenvalue weighted by molar-refractivity contribution is 0.110. The van der Waals surface area contributed by atoms with Gasteiger partial charge in [0.25, 0.3) is 0 Å². The molecule has 3 nitrogen and oxygen atoms in total. The Hall–Kier alpha value is -1.35. The Kier molecular flexibility index (Phi) is 4.15. The first kappa shape index (κ1) is 12.1. The monoisotopic (exact) mass is 233 g/mol. The zero-order valence-electron chi connectivity index (χ0n) is 10.3. The van der Waals surface area contributed by atoms with E-state index in [0.717, 1.165) is 12.8 Å². The molecular formula is C14H19NO2. The third-order valence-electron chi connectivity index (χ3n) is 3.40. The molecule has 0 amide bonds. The molecule has 1 aromatic rings. The van der Waals surface area contributed by atoms with Gasteiger partial charge in [-0.1, -0.05) is 18.6 Å². The number of para-hydroxylation sites is 1. The summed E-state index contributed by atoms with van der Waals surface area (Å²) in [7, 11) is 2.14. The molecule has 17 heavy (non-hydrogen) atoms. The number of aldehydes is 1. The number of benzene rings is 1. The van der Waals surface area contributed by atoms with Crippen molar-refractivity contribution in [1.29, 1.82) is 0 Å². The lowest BCUT2D eigenvalue weighted by Crippen LogP contribution is -2.40. The number of rotatable bonds is 4. The van der Waals surface area contributed by atoms with E-state index in [1.807, 2.05) is 18.2 Å². The van der Waals surface area contributed by atoms with E-state index in [9.17, 15) is 4.79 Å². The van der Waals surface area contributed by atoms with Gasteiger partial charge in [0.2, 0.25) is 0 Å². The van der Waals surface area contributed by atoms with Crippen LogP contribution in [-0.4, -0.2) is 37.4 Å². The molecule has 1 saturated heterocycles. The smallest absolute Gasteiger partial charge is 0.153 e. The summed E-state index contributed by atoms with van der Waals surface area (Å²) >= 11 is 0. The lowest BCUT2D eigenvalue weighted by Gasteiger charge is -2.32. The summed E-state index contributed by atoms with van der Waals surface area (Å²) < 4.78 is 5.76. The van der Waals surface area contributed by atoms with Gasteiger partial charge in [0.1, 0.15) is 12.4 Å². The first-order valence-electron chi connectivity index (χ1n) is 6.18. The molecule has 1 atom stereocenters. The maximum atomic E-state index is 10.9. The van der Waals surface area contributed by atoms with Gasteiger partial charge in [-0.05, 0) is 38.6 Å². The highest BCUT2D eigenvalue weighted by Gasteiger charge is 2.19. The van der Waals surface area contributed by atoms with Gasteiger partial charge in [-0.2, -0.15) is 0 Å². The highest BCUT2D eigenvalue weighted by molar-refractivity contribution is 5.79. The van der Waals surface area contributed by atoms with Gasteiger partial charge in [-0.25, -0.2) is 0 Å². The van der Waals surface area contributed by atoms with Gasteiger partial charge < -0.3 is 9.64 Å². The fraction of sp³-hybridized carbons (Fsp3) is 0.500. The van der Waals surface area contributed by atoms with Gasteiger partial charge in [0, 0.05) is 6.04 Å². The number of hydrogen-bond acceptors (Lipinski definition) is 3. The van der Waals surface area contributed by atoms with Crippen molar-refractivity contribution in [2.45, 2.75) is 25.3 Å². The van der Waals surface area contributed by atoms with Crippen molar-refractivity contribution in [2.75, 3.05) is 20.2 Å². The number of piperidine rings is 1. The third-order valence-corrected chi connectivity index (χ3v) is 3.40. The van der Waals surface area contributed by atoms with Crippen molar-refractivity contribution < 1.29 is 9.53 Å². The zero-order chi connectivity index (χ0) is 12.1. The molecule has 0 saturated carbocycles. The number of likely N-dealkylation sites (tertiary alicyclic amines) is 1. The first-order valence-corrected chi connectivity index (χ1v) is 6.18. The second-order valence-electron chi connectivity index (χ2n) is 4.60. The van der Waals surface area contributed by atoms with E-state index in [1.54, 1.807) is 6.07 Å². The van der Waals surface area contributed by atoms with Crippen LogP contribution in [0.4, 0.5) is 0 Å². The fourth-order valence-corrected chi connectivity index (χ4v) is 2.25. The van der Waals surface area contributed by atoms with E-state index in [2.05, 4.69) is 11.9 Å².